The van der Waals surface area contributed by atoms with E-state index in [0.717, 1.165) is 12.0 Å². The summed E-state index contributed by atoms with van der Waals surface area (Å²) in [6, 6.07) is 17.3. The van der Waals surface area contributed by atoms with E-state index in [9.17, 15) is 14.7 Å². The van der Waals surface area contributed by atoms with Gasteiger partial charge >= 0.3 is 12.1 Å². The molecule has 0 saturated carbocycles. The fourth-order valence-corrected chi connectivity index (χ4v) is 3.76. The molecule has 3 rings (SSSR count). The first-order valence-electron chi connectivity index (χ1n) is 10.3. The number of ether oxygens (including phenoxy) is 1. The Bertz CT molecular complexity index is 876. The van der Waals surface area contributed by atoms with E-state index >= 15 is 0 Å². The van der Waals surface area contributed by atoms with Gasteiger partial charge in [0.2, 0.25) is 0 Å². The lowest BCUT2D eigenvalue weighted by Gasteiger charge is -2.42. The zero-order chi connectivity index (χ0) is 21.7. The summed E-state index contributed by atoms with van der Waals surface area (Å²) in [4.78, 5) is 28.3. The predicted octanol–water partition coefficient (Wildman–Crippen LogP) is 4.05. The van der Waals surface area contributed by atoms with Crippen molar-refractivity contribution in [1.82, 2.24) is 9.80 Å². The average molecular weight is 411 g/mol. The Morgan fingerprint density at radius 2 is 1.70 bits per heavy atom. The molecule has 2 aromatic rings. The zero-order valence-corrected chi connectivity index (χ0v) is 17.9. The van der Waals surface area contributed by atoms with Gasteiger partial charge in [-0.05, 0) is 44.4 Å². The van der Waals surface area contributed by atoms with Crippen LogP contribution in [0.3, 0.4) is 0 Å². The Hall–Kier alpha value is -2.86. The topological polar surface area (TPSA) is 70.1 Å². The number of hydrogen-bond acceptors (Lipinski definition) is 4. The predicted molar refractivity (Wildman–Crippen MR) is 116 cm³/mol. The molecule has 1 N–H and O–H groups in total. The van der Waals surface area contributed by atoms with Crippen LogP contribution in [-0.2, 0) is 17.7 Å². The number of carbonyl (C=O) groups excluding carboxylic acids is 1. The van der Waals surface area contributed by atoms with Crippen LogP contribution in [0.15, 0.2) is 54.6 Å². The van der Waals surface area contributed by atoms with Crippen molar-refractivity contribution in [2.75, 3.05) is 19.6 Å². The smallest absolute Gasteiger partial charge is 0.410 e. The largest absolute Gasteiger partial charge is 0.478 e. The molecule has 1 heterocycles. The number of benzene rings is 2. The van der Waals surface area contributed by atoms with Gasteiger partial charge in [-0.3, -0.25) is 4.90 Å². The summed E-state index contributed by atoms with van der Waals surface area (Å²) in [7, 11) is 0. The fourth-order valence-electron chi connectivity index (χ4n) is 3.76. The normalized spacial score (nSPS) is 17.6. The standard InChI is InChI=1S/C24H30N2O4/c1-24(2,3)30-23(29)26-14-13-25(16-19-11-7-8-12-21(19)22(27)28)20(17-26)15-18-9-5-4-6-10-18/h4-12,20H,13-17H2,1-3H3,(H,27,28)/t20-/m0/s1. The number of piperazine rings is 1. The van der Waals surface area contributed by atoms with Gasteiger partial charge in [0, 0.05) is 32.2 Å². The molecular formula is C24H30N2O4. The van der Waals surface area contributed by atoms with Crippen molar-refractivity contribution in [2.45, 2.75) is 45.4 Å². The van der Waals surface area contributed by atoms with Crippen molar-refractivity contribution < 1.29 is 19.4 Å². The van der Waals surface area contributed by atoms with Gasteiger partial charge in [-0.1, -0.05) is 48.5 Å². The molecule has 1 atom stereocenters. The minimum atomic E-state index is -0.919. The van der Waals surface area contributed by atoms with Crippen LogP contribution in [0.4, 0.5) is 4.79 Å². The van der Waals surface area contributed by atoms with Crippen molar-refractivity contribution in [2.24, 2.45) is 0 Å². The van der Waals surface area contributed by atoms with Crippen LogP contribution in [0.2, 0.25) is 0 Å². The second-order valence-corrected chi connectivity index (χ2v) is 8.70. The van der Waals surface area contributed by atoms with Crippen LogP contribution in [0.5, 0.6) is 0 Å². The lowest BCUT2D eigenvalue weighted by Crippen LogP contribution is -2.55. The second-order valence-electron chi connectivity index (χ2n) is 8.70. The van der Waals surface area contributed by atoms with Crippen LogP contribution < -0.4 is 0 Å². The molecule has 160 valence electrons. The molecule has 30 heavy (non-hydrogen) atoms. The highest BCUT2D eigenvalue weighted by Crippen LogP contribution is 2.21. The highest BCUT2D eigenvalue weighted by atomic mass is 16.6. The van der Waals surface area contributed by atoms with Crippen molar-refractivity contribution >= 4 is 12.1 Å². The van der Waals surface area contributed by atoms with Crippen LogP contribution >= 0.6 is 0 Å². The molecule has 2 aromatic carbocycles. The van der Waals surface area contributed by atoms with E-state index in [2.05, 4.69) is 17.0 Å². The molecule has 0 aromatic heterocycles. The van der Waals surface area contributed by atoms with E-state index in [1.54, 1.807) is 17.0 Å². The Morgan fingerprint density at radius 3 is 2.37 bits per heavy atom. The first-order chi connectivity index (χ1) is 14.2. The number of amides is 1. The van der Waals surface area contributed by atoms with E-state index < -0.39 is 11.6 Å². The second kappa shape index (κ2) is 9.30. The molecule has 0 unspecified atom stereocenters. The molecule has 1 amide bonds. The van der Waals surface area contributed by atoms with Crippen molar-refractivity contribution in [3.63, 3.8) is 0 Å². The molecule has 1 aliphatic heterocycles. The summed E-state index contributed by atoms with van der Waals surface area (Å²) < 4.78 is 5.57. The quantitative estimate of drug-likeness (QED) is 0.805. The van der Waals surface area contributed by atoms with Crippen molar-refractivity contribution in [3.05, 3.63) is 71.3 Å². The van der Waals surface area contributed by atoms with Gasteiger partial charge in [0.25, 0.3) is 0 Å². The van der Waals surface area contributed by atoms with E-state index in [4.69, 9.17) is 4.74 Å². The maximum absolute atomic E-state index is 12.6. The first-order valence-corrected chi connectivity index (χ1v) is 10.3. The number of carboxylic acids is 1. The number of nitrogens with zero attached hydrogens (tertiary/aromatic N) is 2. The average Bonchev–Trinajstić information content (AvgIpc) is 2.69. The third kappa shape index (κ3) is 5.83. The Labute approximate surface area is 178 Å². The zero-order valence-electron chi connectivity index (χ0n) is 17.9. The Kier molecular flexibility index (Phi) is 6.77. The molecular weight excluding hydrogens is 380 g/mol. The van der Waals surface area contributed by atoms with Gasteiger partial charge in [-0.25, -0.2) is 9.59 Å². The summed E-state index contributed by atoms with van der Waals surface area (Å²) in [5.41, 5.74) is 1.76. The number of aromatic carboxylic acids is 1. The Balaban J connectivity index is 1.80. The third-order valence-electron chi connectivity index (χ3n) is 5.19. The molecule has 0 spiro atoms. The van der Waals surface area contributed by atoms with Gasteiger partial charge < -0.3 is 14.7 Å². The van der Waals surface area contributed by atoms with Gasteiger partial charge in [-0.15, -0.1) is 0 Å². The van der Waals surface area contributed by atoms with E-state index in [0.29, 0.717) is 31.7 Å². The summed E-state index contributed by atoms with van der Waals surface area (Å²) in [5, 5.41) is 9.53. The van der Waals surface area contributed by atoms with Crippen LogP contribution in [0.1, 0.15) is 42.3 Å². The van der Waals surface area contributed by atoms with Crippen LogP contribution in [0, 0.1) is 0 Å². The van der Waals surface area contributed by atoms with Crippen LogP contribution in [-0.4, -0.2) is 58.2 Å². The molecule has 0 radical (unpaired) electrons. The minimum absolute atomic E-state index is 0.0653. The lowest BCUT2D eigenvalue weighted by molar-refractivity contribution is 0.00239. The minimum Gasteiger partial charge on any atom is -0.478 e. The molecule has 0 bridgehead atoms. The molecule has 6 heteroatoms. The molecule has 1 saturated heterocycles. The number of carbonyl (C=O) groups is 2. The Morgan fingerprint density at radius 1 is 1.03 bits per heavy atom. The SMILES string of the molecule is CC(C)(C)OC(=O)N1CCN(Cc2ccccc2C(=O)O)[C@@H](Cc2ccccc2)C1. The maximum Gasteiger partial charge on any atom is 0.410 e. The van der Waals surface area contributed by atoms with Gasteiger partial charge in [0.05, 0.1) is 5.56 Å². The van der Waals surface area contributed by atoms with Gasteiger partial charge in [-0.2, -0.15) is 0 Å². The highest BCUT2D eigenvalue weighted by molar-refractivity contribution is 5.89. The first kappa shape index (κ1) is 21.8. The van der Waals surface area contributed by atoms with E-state index in [-0.39, 0.29) is 12.1 Å². The van der Waals surface area contributed by atoms with Gasteiger partial charge in [0.15, 0.2) is 0 Å². The number of hydrogen-bond donors (Lipinski definition) is 1. The summed E-state index contributed by atoms with van der Waals surface area (Å²) in [6.07, 6.45) is 0.473. The fraction of sp³-hybridized carbons (Fsp3) is 0.417. The monoisotopic (exact) mass is 410 g/mol. The number of rotatable bonds is 5. The maximum atomic E-state index is 12.6. The molecule has 1 fully saturated rings. The molecule has 6 nitrogen and oxygen atoms in total. The molecule has 0 aliphatic carbocycles. The van der Waals surface area contributed by atoms with E-state index in [1.807, 2.05) is 51.1 Å². The van der Waals surface area contributed by atoms with Gasteiger partial charge in [0.1, 0.15) is 5.60 Å². The van der Waals surface area contributed by atoms with E-state index in [1.165, 1.54) is 5.56 Å². The van der Waals surface area contributed by atoms with Crippen LogP contribution in [0.25, 0.3) is 0 Å². The number of carboxylic acid groups (broad SMARTS) is 1. The summed E-state index contributed by atoms with van der Waals surface area (Å²) in [6.45, 7) is 7.88. The molecule has 1 aliphatic rings. The van der Waals surface area contributed by atoms with Crippen molar-refractivity contribution in [1.29, 1.82) is 0 Å². The highest BCUT2D eigenvalue weighted by Gasteiger charge is 2.32. The summed E-state index contributed by atoms with van der Waals surface area (Å²) in [5.74, 6) is -0.919. The third-order valence-corrected chi connectivity index (χ3v) is 5.19. The summed E-state index contributed by atoms with van der Waals surface area (Å²) >= 11 is 0. The van der Waals surface area contributed by atoms with Crippen molar-refractivity contribution in [3.8, 4) is 0 Å². The lowest BCUT2D eigenvalue weighted by atomic mass is 10.00.